The Morgan fingerprint density at radius 2 is 1.15 bits per heavy atom. The summed E-state index contributed by atoms with van der Waals surface area (Å²) in [4.78, 5) is 0. The quantitative estimate of drug-likeness (QED) is 0.132. The van der Waals surface area contributed by atoms with Crippen LogP contribution in [0.1, 0.15) is 105 Å². The van der Waals surface area contributed by atoms with Gasteiger partial charge >= 0.3 is 5.95 Å². The van der Waals surface area contributed by atoms with Crippen LogP contribution >= 0.6 is 0 Å². The third kappa shape index (κ3) is 15.4. The van der Waals surface area contributed by atoms with E-state index in [4.69, 9.17) is 18.9 Å². The van der Waals surface area contributed by atoms with E-state index in [0.717, 1.165) is 63.9 Å². The highest BCUT2D eigenvalue weighted by atomic mass is 16.7. The maximum Gasteiger partial charge on any atom is 0.321 e. The predicted octanol–water partition coefficient (Wildman–Crippen LogP) is 6.94. The molecule has 0 rings (SSSR count). The van der Waals surface area contributed by atoms with E-state index in [9.17, 15) is 0 Å². The van der Waals surface area contributed by atoms with Gasteiger partial charge in [-0.15, -0.1) is 0 Å². The lowest BCUT2D eigenvalue weighted by atomic mass is 10.2. The monoisotopic (exact) mass is 372 g/mol. The van der Waals surface area contributed by atoms with Crippen molar-refractivity contribution in [3.63, 3.8) is 0 Å². The van der Waals surface area contributed by atoms with E-state index in [2.05, 4.69) is 27.7 Å². The molecule has 0 amide bonds. The van der Waals surface area contributed by atoms with Crippen molar-refractivity contribution >= 4 is 0 Å². The van der Waals surface area contributed by atoms with Gasteiger partial charge in [0.2, 0.25) is 0 Å². The van der Waals surface area contributed by atoms with Gasteiger partial charge in [0.25, 0.3) is 0 Å². The van der Waals surface area contributed by atoms with Crippen molar-refractivity contribution in [3.05, 3.63) is 11.7 Å². The number of unbranched alkanes of at least 4 members (excludes halogenated alkanes) is 7. The van der Waals surface area contributed by atoms with Crippen molar-refractivity contribution < 1.29 is 18.9 Å². The van der Waals surface area contributed by atoms with Crippen LogP contribution in [0.2, 0.25) is 0 Å². The number of hydrogen-bond acceptors (Lipinski definition) is 4. The Bertz CT molecular complexity index is 303. The van der Waals surface area contributed by atoms with Gasteiger partial charge in [0.1, 0.15) is 0 Å². The van der Waals surface area contributed by atoms with Crippen LogP contribution < -0.4 is 0 Å². The van der Waals surface area contributed by atoms with Gasteiger partial charge in [-0.2, -0.15) is 0 Å². The summed E-state index contributed by atoms with van der Waals surface area (Å²) >= 11 is 0. The maximum absolute atomic E-state index is 6.01. The zero-order valence-corrected chi connectivity index (χ0v) is 17.9. The van der Waals surface area contributed by atoms with Crippen molar-refractivity contribution in [3.8, 4) is 0 Å². The number of hydrogen-bond donors (Lipinski definition) is 0. The zero-order chi connectivity index (χ0) is 19.3. The van der Waals surface area contributed by atoms with Crippen LogP contribution in [0.3, 0.4) is 0 Å². The van der Waals surface area contributed by atoms with Gasteiger partial charge in [-0.25, -0.2) is 0 Å². The standard InChI is InChI=1S/C22H44O4/c1-5-9-13-15-17-23-20-26-22(25-19-12-8-4)21(16-14-10-6-2)24-18-11-7-3/h5-20H2,1-4H3. The molecule has 0 aromatic rings. The van der Waals surface area contributed by atoms with Crippen molar-refractivity contribution in [1.29, 1.82) is 0 Å². The molecule has 0 aliphatic carbocycles. The van der Waals surface area contributed by atoms with Gasteiger partial charge in [0.05, 0.1) is 19.8 Å². The summed E-state index contributed by atoms with van der Waals surface area (Å²) in [6.07, 6.45) is 13.4. The lowest BCUT2D eigenvalue weighted by molar-refractivity contribution is -0.0844. The molecule has 0 radical (unpaired) electrons. The lowest BCUT2D eigenvalue weighted by Gasteiger charge is -2.18. The SMILES string of the molecule is CCCCCCOCOC(OCCCC)=C(CCCCC)OCCCC. The van der Waals surface area contributed by atoms with Crippen LogP contribution in [0.5, 0.6) is 0 Å². The minimum atomic E-state index is 0.238. The molecule has 0 aromatic heterocycles. The molecule has 0 saturated heterocycles. The van der Waals surface area contributed by atoms with E-state index >= 15 is 0 Å². The van der Waals surface area contributed by atoms with Crippen LogP contribution in [-0.4, -0.2) is 26.6 Å². The molecule has 0 fully saturated rings. The summed E-state index contributed by atoms with van der Waals surface area (Å²) in [5, 5.41) is 0. The Morgan fingerprint density at radius 3 is 1.81 bits per heavy atom. The fraction of sp³-hybridized carbons (Fsp3) is 0.909. The Balaban J connectivity index is 4.57. The largest absolute Gasteiger partial charge is 0.491 e. The van der Waals surface area contributed by atoms with Crippen molar-refractivity contribution in [1.82, 2.24) is 0 Å². The Hall–Kier alpha value is -0.900. The summed E-state index contributed by atoms with van der Waals surface area (Å²) in [6, 6.07) is 0. The first-order chi connectivity index (χ1) is 12.8. The van der Waals surface area contributed by atoms with Crippen LogP contribution in [0.25, 0.3) is 0 Å². The molecule has 0 saturated carbocycles. The molecule has 0 aromatic carbocycles. The van der Waals surface area contributed by atoms with E-state index in [1.165, 1.54) is 32.1 Å². The van der Waals surface area contributed by atoms with Gasteiger partial charge in [-0.05, 0) is 25.7 Å². The lowest BCUT2D eigenvalue weighted by Crippen LogP contribution is -2.10. The number of rotatable bonds is 20. The van der Waals surface area contributed by atoms with Crippen LogP contribution in [-0.2, 0) is 18.9 Å². The predicted molar refractivity (Wildman–Crippen MR) is 109 cm³/mol. The zero-order valence-electron chi connectivity index (χ0n) is 17.9. The molecule has 0 unspecified atom stereocenters. The van der Waals surface area contributed by atoms with E-state index in [-0.39, 0.29) is 6.79 Å². The molecular formula is C22H44O4. The smallest absolute Gasteiger partial charge is 0.321 e. The molecule has 0 spiro atoms. The van der Waals surface area contributed by atoms with Gasteiger partial charge in [0.15, 0.2) is 12.6 Å². The third-order valence-electron chi connectivity index (χ3n) is 4.16. The first kappa shape index (κ1) is 25.1. The second-order valence-corrected chi connectivity index (χ2v) is 6.80. The molecule has 4 nitrogen and oxygen atoms in total. The van der Waals surface area contributed by atoms with E-state index < -0.39 is 0 Å². The summed E-state index contributed by atoms with van der Waals surface area (Å²) in [5.41, 5.74) is 0. The third-order valence-corrected chi connectivity index (χ3v) is 4.16. The van der Waals surface area contributed by atoms with E-state index in [1.807, 2.05) is 0 Å². The number of ether oxygens (including phenoxy) is 4. The molecule has 26 heavy (non-hydrogen) atoms. The summed E-state index contributed by atoms with van der Waals surface area (Å²) in [6.45, 7) is 11.1. The highest BCUT2D eigenvalue weighted by Crippen LogP contribution is 2.19. The summed E-state index contributed by atoms with van der Waals surface area (Å²) < 4.78 is 23.4. The molecule has 0 heterocycles. The average Bonchev–Trinajstić information content (AvgIpc) is 2.65. The van der Waals surface area contributed by atoms with E-state index in [0.29, 0.717) is 12.6 Å². The molecule has 0 N–H and O–H groups in total. The molecule has 0 aliphatic heterocycles. The van der Waals surface area contributed by atoms with E-state index in [1.54, 1.807) is 0 Å². The molecule has 0 bridgehead atoms. The van der Waals surface area contributed by atoms with Crippen LogP contribution in [0, 0.1) is 0 Å². The second-order valence-electron chi connectivity index (χ2n) is 6.80. The first-order valence-electron chi connectivity index (χ1n) is 11.0. The Morgan fingerprint density at radius 1 is 0.538 bits per heavy atom. The second kappa shape index (κ2) is 20.4. The van der Waals surface area contributed by atoms with Gasteiger partial charge < -0.3 is 18.9 Å². The van der Waals surface area contributed by atoms with Crippen molar-refractivity contribution in [2.45, 2.75) is 105 Å². The summed E-state index contributed by atoms with van der Waals surface area (Å²) in [5.74, 6) is 1.40. The Kier molecular flexibility index (Phi) is 19.7. The summed E-state index contributed by atoms with van der Waals surface area (Å²) in [7, 11) is 0. The number of allylic oxidation sites excluding steroid dienone is 1. The minimum absolute atomic E-state index is 0.238. The van der Waals surface area contributed by atoms with Crippen molar-refractivity contribution in [2.75, 3.05) is 26.6 Å². The minimum Gasteiger partial charge on any atom is -0.491 e. The molecule has 156 valence electrons. The Labute approximate surface area is 162 Å². The normalized spacial score (nSPS) is 12.0. The first-order valence-corrected chi connectivity index (χ1v) is 11.0. The topological polar surface area (TPSA) is 36.9 Å². The van der Waals surface area contributed by atoms with Gasteiger partial charge in [-0.1, -0.05) is 72.6 Å². The van der Waals surface area contributed by atoms with Crippen molar-refractivity contribution in [2.24, 2.45) is 0 Å². The van der Waals surface area contributed by atoms with Gasteiger partial charge in [-0.3, -0.25) is 0 Å². The highest BCUT2D eigenvalue weighted by Gasteiger charge is 2.13. The average molecular weight is 373 g/mol. The molecular weight excluding hydrogens is 328 g/mol. The highest BCUT2D eigenvalue weighted by molar-refractivity contribution is 4.95. The van der Waals surface area contributed by atoms with Crippen LogP contribution in [0.4, 0.5) is 0 Å². The van der Waals surface area contributed by atoms with Crippen LogP contribution in [0.15, 0.2) is 11.7 Å². The fourth-order valence-electron chi connectivity index (χ4n) is 2.41. The molecule has 4 heteroatoms. The fourth-order valence-corrected chi connectivity index (χ4v) is 2.41. The molecule has 0 aliphatic rings. The van der Waals surface area contributed by atoms with Gasteiger partial charge in [0, 0.05) is 6.42 Å². The molecule has 0 atom stereocenters. The maximum atomic E-state index is 6.01.